The average Bonchev–Trinajstić information content (AvgIpc) is 3.01. The number of likely N-dealkylation sites (tertiary alicyclic amines) is 1. The molecule has 1 spiro atoms. The number of carbonyl (C=O) groups is 1. The minimum absolute atomic E-state index is 0.00863. The van der Waals surface area contributed by atoms with Gasteiger partial charge in [0, 0.05) is 31.3 Å². The summed E-state index contributed by atoms with van der Waals surface area (Å²) in [7, 11) is 0. The van der Waals surface area contributed by atoms with Gasteiger partial charge in [0.2, 0.25) is 5.91 Å². The maximum atomic E-state index is 13.3. The Bertz CT molecular complexity index is 598. The van der Waals surface area contributed by atoms with Crippen LogP contribution in [-0.2, 0) is 11.2 Å². The summed E-state index contributed by atoms with van der Waals surface area (Å²) in [5.74, 6) is -2.49. The summed E-state index contributed by atoms with van der Waals surface area (Å²) in [6.45, 7) is 0.881. The Kier molecular flexibility index (Phi) is 4.11. The summed E-state index contributed by atoms with van der Waals surface area (Å²) in [5, 5.41) is 0.964. The maximum absolute atomic E-state index is 13.3. The molecule has 0 bridgehead atoms. The van der Waals surface area contributed by atoms with Crippen molar-refractivity contribution in [1.82, 2.24) is 4.90 Å². The van der Waals surface area contributed by atoms with Crippen LogP contribution in [0.5, 0.6) is 0 Å². The fourth-order valence-corrected chi connectivity index (χ4v) is 3.53. The van der Waals surface area contributed by atoms with E-state index in [2.05, 4.69) is 0 Å². The van der Waals surface area contributed by atoms with Gasteiger partial charge in [0.05, 0.1) is 10.0 Å². The highest BCUT2D eigenvalue weighted by atomic mass is 35.5. The van der Waals surface area contributed by atoms with E-state index in [0.29, 0.717) is 48.8 Å². The van der Waals surface area contributed by atoms with Crippen LogP contribution in [-0.4, -0.2) is 29.8 Å². The SMILES string of the molecule is O=C(CCc1ccc(Cl)c(Cl)c1)N1CCC2(CC1)CC2(F)F. The number of amides is 1. The molecule has 1 aromatic rings. The number of piperidine rings is 1. The van der Waals surface area contributed by atoms with Crippen LogP contribution in [0.2, 0.25) is 10.0 Å². The summed E-state index contributed by atoms with van der Waals surface area (Å²) in [6, 6.07) is 5.31. The van der Waals surface area contributed by atoms with Gasteiger partial charge < -0.3 is 4.90 Å². The highest BCUT2D eigenvalue weighted by Gasteiger charge is 2.70. The zero-order valence-corrected chi connectivity index (χ0v) is 13.6. The molecular formula is C16H17Cl2F2NO. The van der Waals surface area contributed by atoms with Crippen molar-refractivity contribution in [2.45, 2.75) is 38.0 Å². The average molecular weight is 348 g/mol. The van der Waals surface area contributed by atoms with Gasteiger partial charge in [-0.15, -0.1) is 0 Å². The summed E-state index contributed by atoms with van der Waals surface area (Å²) in [5.41, 5.74) is 0.137. The van der Waals surface area contributed by atoms with Gasteiger partial charge in [-0.25, -0.2) is 8.78 Å². The Hall–Kier alpha value is -0.870. The highest BCUT2D eigenvalue weighted by Crippen LogP contribution is 2.65. The van der Waals surface area contributed by atoms with E-state index in [1.807, 2.05) is 6.07 Å². The normalized spacial score (nSPS) is 21.9. The molecule has 1 aliphatic carbocycles. The first-order chi connectivity index (χ1) is 10.3. The topological polar surface area (TPSA) is 20.3 Å². The number of rotatable bonds is 3. The van der Waals surface area contributed by atoms with Gasteiger partial charge in [0.25, 0.3) is 5.92 Å². The number of nitrogens with zero attached hydrogens (tertiary/aromatic N) is 1. The van der Waals surface area contributed by atoms with Crippen molar-refractivity contribution in [3.05, 3.63) is 33.8 Å². The molecule has 1 heterocycles. The van der Waals surface area contributed by atoms with Gasteiger partial charge in [-0.1, -0.05) is 29.3 Å². The van der Waals surface area contributed by atoms with Gasteiger partial charge in [-0.3, -0.25) is 4.79 Å². The number of aryl methyl sites for hydroxylation is 1. The van der Waals surface area contributed by atoms with Crippen molar-refractivity contribution in [2.24, 2.45) is 5.41 Å². The third-order valence-electron chi connectivity index (χ3n) is 4.90. The molecule has 2 nitrogen and oxygen atoms in total. The minimum Gasteiger partial charge on any atom is -0.343 e. The number of carbonyl (C=O) groups excluding carboxylic acids is 1. The standard InChI is InChI=1S/C16H17Cl2F2NO/c17-12-3-1-11(9-13(12)18)2-4-14(22)21-7-5-15(6-8-21)10-16(15,19)20/h1,3,9H,2,4-8,10H2. The summed E-state index contributed by atoms with van der Waals surface area (Å²) in [4.78, 5) is 13.9. The summed E-state index contributed by atoms with van der Waals surface area (Å²) < 4.78 is 26.6. The molecule has 0 radical (unpaired) electrons. The zero-order valence-electron chi connectivity index (χ0n) is 12.0. The third-order valence-corrected chi connectivity index (χ3v) is 5.64. The Balaban J connectivity index is 1.50. The Morgan fingerprint density at radius 1 is 1.18 bits per heavy atom. The number of hydrogen-bond acceptors (Lipinski definition) is 1. The van der Waals surface area contributed by atoms with Crippen molar-refractivity contribution < 1.29 is 13.6 Å². The largest absolute Gasteiger partial charge is 0.343 e. The van der Waals surface area contributed by atoms with E-state index in [0.717, 1.165) is 5.56 Å². The van der Waals surface area contributed by atoms with E-state index in [4.69, 9.17) is 23.2 Å². The van der Waals surface area contributed by atoms with Crippen molar-refractivity contribution >= 4 is 29.1 Å². The molecule has 1 amide bonds. The van der Waals surface area contributed by atoms with E-state index < -0.39 is 11.3 Å². The fourth-order valence-electron chi connectivity index (χ4n) is 3.21. The first-order valence-electron chi connectivity index (χ1n) is 7.43. The molecule has 22 heavy (non-hydrogen) atoms. The Morgan fingerprint density at radius 3 is 2.36 bits per heavy atom. The predicted octanol–water partition coefficient (Wildman–Crippen LogP) is 4.57. The molecule has 1 saturated carbocycles. The molecule has 3 rings (SSSR count). The van der Waals surface area contributed by atoms with E-state index in [9.17, 15) is 13.6 Å². The monoisotopic (exact) mass is 347 g/mol. The van der Waals surface area contributed by atoms with Crippen molar-refractivity contribution in [3.63, 3.8) is 0 Å². The van der Waals surface area contributed by atoms with Gasteiger partial charge in [0.1, 0.15) is 0 Å². The van der Waals surface area contributed by atoms with Crippen molar-refractivity contribution in [3.8, 4) is 0 Å². The van der Waals surface area contributed by atoms with Gasteiger partial charge >= 0.3 is 0 Å². The highest BCUT2D eigenvalue weighted by molar-refractivity contribution is 6.42. The smallest absolute Gasteiger partial charge is 0.254 e. The van der Waals surface area contributed by atoms with Crippen LogP contribution in [0.1, 0.15) is 31.2 Å². The lowest BCUT2D eigenvalue weighted by atomic mass is 9.92. The van der Waals surface area contributed by atoms with Crippen LogP contribution < -0.4 is 0 Å². The number of alkyl halides is 2. The van der Waals surface area contributed by atoms with Crippen molar-refractivity contribution in [1.29, 1.82) is 0 Å². The van der Waals surface area contributed by atoms with Crippen molar-refractivity contribution in [2.75, 3.05) is 13.1 Å². The zero-order chi connectivity index (χ0) is 16.0. The molecule has 1 saturated heterocycles. The molecule has 6 heteroatoms. The predicted molar refractivity (Wildman–Crippen MR) is 82.6 cm³/mol. The first kappa shape index (κ1) is 16.0. The lowest BCUT2D eigenvalue weighted by molar-refractivity contribution is -0.133. The molecule has 2 aliphatic rings. The molecule has 0 N–H and O–H groups in total. The number of halogens is 4. The van der Waals surface area contributed by atoms with Gasteiger partial charge in [0.15, 0.2) is 0 Å². The minimum atomic E-state index is -2.51. The molecule has 2 fully saturated rings. The van der Waals surface area contributed by atoms with Crippen LogP contribution in [0, 0.1) is 5.41 Å². The molecule has 0 unspecified atom stereocenters. The Labute approximate surface area is 138 Å². The third kappa shape index (κ3) is 2.95. The van der Waals surface area contributed by atoms with Gasteiger partial charge in [-0.2, -0.15) is 0 Å². The second-order valence-electron chi connectivity index (χ2n) is 6.29. The molecule has 1 aliphatic heterocycles. The molecule has 120 valence electrons. The van der Waals surface area contributed by atoms with E-state index in [1.54, 1.807) is 17.0 Å². The fraction of sp³-hybridized carbons (Fsp3) is 0.562. The van der Waals surface area contributed by atoms with Gasteiger partial charge in [-0.05, 0) is 37.0 Å². The summed E-state index contributed by atoms with van der Waals surface area (Å²) in [6.07, 6.45) is 1.76. The van der Waals surface area contributed by atoms with Crippen LogP contribution in [0.15, 0.2) is 18.2 Å². The second-order valence-corrected chi connectivity index (χ2v) is 7.11. The van der Waals surface area contributed by atoms with E-state index in [1.165, 1.54) is 0 Å². The number of benzene rings is 1. The van der Waals surface area contributed by atoms with Crippen LogP contribution in [0.25, 0.3) is 0 Å². The molecule has 1 aromatic carbocycles. The molecule has 0 atom stereocenters. The quantitative estimate of drug-likeness (QED) is 0.783. The van der Waals surface area contributed by atoms with Crippen LogP contribution in [0.4, 0.5) is 8.78 Å². The van der Waals surface area contributed by atoms with E-state index >= 15 is 0 Å². The molecular weight excluding hydrogens is 331 g/mol. The first-order valence-corrected chi connectivity index (χ1v) is 8.18. The number of hydrogen-bond donors (Lipinski definition) is 0. The maximum Gasteiger partial charge on any atom is 0.254 e. The van der Waals surface area contributed by atoms with Crippen LogP contribution >= 0.6 is 23.2 Å². The van der Waals surface area contributed by atoms with Crippen LogP contribution in [0.3, 0.4) is 0 Å². The Morgan fingerprint density at radius 2 is 1.82 bits per heavy atom. The second kappa shape index (κ2) is 5.64. The lowest BCUT2D eigenvalue weighted by Crippen LogP contribution is -2.40. The lowest BCUT2D eigenvalue weighted by Gasteiger charge is -2.32. The molecule has 0 aromatic heterocycles. The van der Waals surface area contributed by atoms with E-state index in [-0.39, 0.29) is 12.3 Å². The summed E-state index contributed by atoms with van der Waals surface area (Å²) >= 11 is 11.8.